The Bertz CT molecular complexity index is 1690. The predicted octanol–water partition coefficient (Wildman–Crippen LogP) is 1.14. The molecule has 0 aromatic carbocycles. The van der Waals surface area contributed by atoms with E-state index in [0.29, 0.717) is 38.5 Å². The number of fused-ring (bicyclic) bond motifs is 2. The minimum Gasteiger partial charge on any atom is -0.466 e. The van der Waals surface area contributed by atoms with E-state index in [1.54, 1.807) is 18.7 Å². The first-order valence-corrected chi connectivity index (χ1v) is 22.9. The number of esters is 3. The number of nitrogens with one attached hydrogen (secondary N) is 1. The molecule has 1 amide bonds. The molecule has 2 saturated heterocycles. The number of carbonyl (C=O) groups is 4. The van der Waals surface area contributed by atoms with E-state index in [4.69, 9.17) is 23.5 Å². The van der Waals surface area contributed by atoms with Crippen LogP contribution < -0.4 is 11.5 Å². The molecule has 0 bridgehead atoms. The first-order chi connectivity index (χ1) is 24.6. The van der Waals surface area contributed by atoms with E-state index in [9.17, 15) is 44.4 Å². The highest BCUT2D eigenvalue weighted by Gasteiger charge is 2.67. The van der Waals surface area contributed by atoms with Crippen molar-refractivity contribution < 1.29 is 76.3 Å². The monoisotopic (exact) mass is 853 g/mol. The molecule has 5 aliphatic rings. The number of ether oxygens (including phenoxy) is 4. The zero-order valence-electron chi connectivity index (χ0n) is 33.1. The molecule has 0 aromatic heterocycles. The van der Waals surface area contributed by atoms with Gasteiger partial charge in [0.1, 0.15) is 5.60 Å². The summed E-state index contributed by atoms with van der Waals surface area (Å²) < 4.78 is 99.3. The van der Waals surface area contributed by atoms with E-state index in [0.717, 1.165) is 38.4 Å². The number of hydrogen-bond donors (Lipinski definition) is 3. The van der Waals surface area contributed by atoms with Crippen LogP contribution in [0.1, 0.15) is 60.8 Å². The van der Waals surface area contributed by atoms with Crippen molar-refractivity contribution in [1.82, 2.24) is 16.4 Å². The zero-order chi connectivity index (χ0) is 41.6. The maximum absolute atomic E-state index is 11.9. The lowest BCUT2D eigenvalue weighted by atomic mass is 10.1. The van der Waals surface area contributed by atoms with Gasteiger partial charge in [0.2, 0.25) is 0 Å². The number of piperidine rings is 2. The van der Waals surface area contributed by atoms with E-state index in [1.807, 2.05) is 27.7 Å². The highest BCUT2D eigenvalue weighted by molar-refractivity contribution is 7.86. The highest BCUT2D eigenvalue weighted by atomic mass is 32.2. The minimum absolute atomic E-state index is 0. The van der Waals surface area contributed by atoms with Crippen molar-refractivity contribution in [3.05, 3.63) is 0 Å². The molecule has 2 heterocycles. The molecular formula is C32H59N3O17S3. The second-order valence-electron chi connectivity index (χ2n) is 15.0. The number of likely N-dealkylation sites (tertiary alicyclic amines) is 1. The Labute approximate surface area is 324 Å². The van der Waals surface area contributed by atoms with Crippen molar-refractivity contribution >= 4 is 54.4 Å². The van der Waals surface area contributed by atoms with Crippen LogP contribution in [0.3, 0.4) is 0 Å². The SMILES string of the molecule is CCOC(=O)C1(COS(C)(=O)=O)CC1COS(C)(=O)=O.CCOC(=O)C12CC1CN(C(=O)OC(C)(C)C)C2.CCOC(=O)C12CNCC1C2.CS(=O)(=O)O.N. The second-order valence-corrected chi connectivity index (χ2v) is 19.8. The molecule has 20 nitrogen and oxygen atoms in total. The van der Waals surface area contributed by atoms with Crippen LogP contribution in [0.15, 0.2) is 0 Å². The molecule has 5 rings (SSSR count). The normalized spacial score (nSPS) is 28.3. The molecule has 0 spiro atoms. The Morgan fingerprint density at radius 3 is 1.65 bits per heavy atom. The number of amides is 1. The van der Waals surface area contributed by atoms with Crippen molar-refractivity contribution in [2.75, 3.05) is 78.0 Å². The van der Waals surface area contributed by atoms with Gasteiger partial charge in [-0.05, 0) is 79.2 Å². The molecule has 5 fully saturated rings. The smallest absolute Gasteiger partial charge is 0.410 e. The van der Waals surface area contributed by atoms with E-state index in [2.05, 4.69) is 13.7 Å². The molecule has 322 valence electrons. The second kappa shape index (κ2) is 19.2. The minimum atomic E-state index is -3.70. The first-order valence-electron chi connectivity index (χ1n) is 17.4. The van der Waals surface area contributed by atoms with Crippen LogP contribution in [0, 0.1) is 34.0 Å². The average Bonchev–Trinajstić information content (AvgIpc) is 3.96. The lowest BCUT2D eigenvalue weighted by Gasteiger charge is -2.26. The van der Waals surface area contributed by atoms with Crippen LogP contribution in [0.4, 0.5) is 4.79 Å². The summed E-state index contributed by atoms with van der Waals surface area (Å²) in [6.45, 7) is 14.1. The summed E-state index contributed by atoms with van der Waals surface area (Å²) in [5.41, 5.74) is -2.19. The number of rotatable bonds is 12. The molecule has 55 heavy (non-hydrogen) atoms. The van der Waals surface area contributed by atoms with Gasteiger partial charge in [-0.15, -0.1) is 0 Å². The van der Waals surface area contributed by atoms with Gasteiger partial charge in [-0.2, -0.15) is 25.3 Å². The van der Waals surface area contributed by atoms with E-state index < -0.39 is 58.7 Å². The molecule has 3 saturated carbocycles. The summed E-state index contributed by atoms with van der Waals surface area (Å²) in [6, 6.07) is 0. The van der Waals surface area contributed by atoms with Gasteiger partial charge in [0, 0.05) is 25.6 Å². The fourth-order valence-electron chi connectivity index (χ4n) is 6.25. The van der Waals surface area contributed by atoms with Crippen molar-refractivity contribution in [3.63, 3.8) is 0 Å². The molecule has 5 N–H and O–H groups in total. The van der Waals surface area contributed by atoms with Gasteiger partial charge < -0.3 is 35.3 Å². The fourth-order valence-corrected chi connectivity index (χ4v) is 7.08. The average molecular weight is 854 g/mol. The molecule has 0 radical (unpaired) electrons. The van der Waals surface area contributed by atoms with Crippen molar-refractivity contribution in [2.24, 2.45) is 34.0 Å². The molecule has 6 atom stereocenters. The standard InChI is InChI=1S/C13H21NO4.C10H18O8S2.C8H13NO2.CH4O3S.H3N/c1-5-17-10(15)13-6-9(13)7-14(8-13)11(16)18-12(2,3)4;1-4-16-9(11)10(7-18-20(3,14)15)5-8(10)6-17-19(2,12)13;1-2-11-7(10)8-3-6(8)4-9-5-8;1-5(2,3)4;/h9H,5-8H2,1-4H3;8H,4-7H2,1-3H3;6,9H,2-5H2,1H3;1H3,(H,2,3,4);1H3. The van der Waals surface area contributed by atoms with Crippen molar-refractivity contribution in [3.8, 4) is 0 Å². The Morgan fingerprint density at radius 2 is 1.24 bits per heavy atom. The Morgan fingerprint density at radius 1 is 0.764 bits per heavy atom. The number of nitrogens with zero attached hydrogens (tertiary/aromatic N) is 1. The molecule has 6 unspecified atom stereocenters. The van der Waals surface area contributed by atoms with Crippen LogP contribution in [0.25, 0.3) is 0 Å². The van der Waals surface area contributed by atoms with Gasteiger partial charge >= 0.3 is 24.0 Å². The summed E-state index contributed by atoms with van der Waals surface area (Å²) in [7, 11) is -11.0. The molecule has 0 aromatic rings. The summed E-state index contributed by atoms with van der Waals surface area (Å²) in [5, 5.41) is 3.20. The lowest BCUT2D eigenvalue weighted by Crippen LogP contribution is -2.38. The fraction of sp³-hybridized carbons (Fsp3) is 0.875. The Hall–Kier alpha value is -2.67. The van der Waals surface area contributed by atoms with Crippen LogP contribution in [0.5, 0.6) is 0 Å². The Kier molecular flexibility index (Phi) is 17.6. The molecular weight excluding hydrogens is 795 g/mol. The molecule has 23 heteroatoms. The lowest BCUT2D eigenvalue weighted by molar-refractivity contribution is -0.152. The van der Waals surface area contributed by atoms with Crippen molar-refractivity contribution in [2.45, 2.75) is 66.4 Å². The third-order valence-electron chi connectivity index (χ3n) is 9.15. The number of hydrogen-bond acceptors (Lipinski definition) is 18. The van der Waals surface area contributed by atoms with Gasteiger partial charge in [-0.3, -0.25) is 27.3 Å². The van der Waals surface area contributed by atoms with Crippen LogP contribution in [-0.2, 0) is 72.1 Å². The third-order valence-corrected chi connectivity index (χ3v) is 10.3. The van der Waals surface area contributed by atoms with Crippen LogP contribution in [-0.4, -0.2) is 142 Å². The van der Waals surface area contributed by atoms with Gasteiger partial charge in [0.15, 0.2) is 0 Å². The maximum Gasteiger partial charge on any atom is 0.410 e. The van der Waals surface area contributed by atoms with Gasteiger partial charge in [-0.1, -0.05) is 0 Å². The quantitative estimate of drug-likeness (QED) is 0.107. The van der Waals surface area contributed by atoms with Crippen LogP contribution >= 0.6 is 0 Å². The van der Waals surface area contributed by atoms with Gasteiger partial charge in [-0.25, -0.2) is 4.79 Å². The van der Waals surface area contributed by atoms with Gasteiger partial charge in [0.25, 0.3) is 30.4 Å². The predicted molar refractivity (Wildman–Crippen MR) is 196 cm³/mol. The number of carbonyl (C=O) groups excluding carboxylic acids is 4. The first kappa shape index (κ1) is 50.3. The third kappa shape index (κ3) is 15.7. The largest absolute Gasteiger partial charge is 0.466 e. The van der Waals surface area contributed by atoms with Crippen LogP contribution in [0.2, 0.25) is 0 Å². The van der Waals surface area contributed by atoms with E-state index >= 15 is 0 Å². The van der Waals surface area contributed by atoms with E-state index in [1.165, 1.54) is 0 Å². The summed E-state index contributed by atoms with van der Waals surface area (Å²) in [4.78, 5) is 48.6. The summed E-state index contributed by atoms with van der Waals surface area (Å²) >= 11 is 0. The summed E-state index contributed by atoms with van der Waals surface area (Å²) in [5.74, 6) is -0.384. The van der Waals surface area contributed by atoms with E-state index in [-0.39, 0.29) is 61.8 Å². The highest BCUT2D eigenvalue weighted by Crippen LogP contribution is 2.59. The summed E-state index contributed by atoms with van der Waals surface area (Å²) in [6.07, 6.45) is 4.29. The Balaban J connectivity index is 0.000000395. The van der Waals surface area contributed by atoms with Crippen molar-refractivity contribution in [1.29, 1.82) is 0 Å². The molecule has 3 aliphatic carbocycles. The maximum atomic E-state index is 11.9. The topological polar surface area (TPSA) is 297 Å². The zero-order valence-corrected chi connectivity index (χ0v) is 35.5. The van der Waals surface area contributed by atoms with Gasteiger partial charge in [0.05, 0.1) is 68.0 Å². The molecule has 2 aliphatic heterocycles.